The second kappa shape index (κ2) is 7.75. The molecule has 1 atom stereocenters. The molecule has 1 unspecified atom stereocenters. The van der Waals surface area contributed by atoms with Crippen LogP contribution in [0, 0.1) is 0 Å². The fourth-order valence-corrected chi connectivity index (χ4v) is 3.33. The number of hydrogen-bond acceptors (Lipinski definition) is 3. The van der Waals surface area contributed by atoms with E-state index in [0.29, 0.717) is 25.0 Å². The number of rotatable bonds is 5. The van der Waals surface area contributed by atoms with Crippen molar-refractivity contribution in [2.75, 3.05) is 19.6 Å². The molecule has 4 heteroatoms. The number of benzene rings is 1. The van der Waals surface area contributed by atoms with E-state index >= 15 is 0 Å². The largest absolute Gasteiger partial charge is 0.373 e. The molecule has 4 nitrogen and oxygen atoms in total. The average Bonchev–Trinajstić information content (AvgIpc) is 3.07. The molecule has 1 N–H and O–H groups in total. The summed E-state index contributed by atoms with van der Waals surface area (Å²) in [4.78, 5) is 14.3. The molecule has 1 aromatic carbocycles. The van der Waals surface area contributed by atoms with Gasteiger partial charge in [0.1, 0.15) is 0 Å². The van der Waals surface area contributed by atoms with Crippen molar-refractivity contribution in [3.63, 3.8) is 0 Å². The zero-order valence-corrected chi connectivity index (χ0v) is 13.2. The van der Waals surface area contributed by atoms with Crippen LogP contribution in [0.4, 0.5) is 0 Å². The van der Waals surface area contributed by atoms with E-state index in [2.05, 4.69) is 17.4 Å². The lowest BCUT2D eigenvalue weighted by atomic mass is 10.1. The van der Waals surface area contributed by atoms with E-state index in [4.69, 9.17) is 4.74 Å². The van der Waals surface area contributed by atoms with Crippen molar-refractivity contribution in [2.45, 2.75) is 50.9 Å². The molecule has 2 saturated heterocycles. The molecule has 0 aromatic heterocycles. The van der Waals surface area contributed by atoms with E-state index in [1.54, 1.807) is 0 Å². The van der Waals surface area contributed by atoms with Gasteiger partial charge in [0.2, 0.25) is 5.91 Å². The van der Waals surface area contributed by atoms with Crippen LogP contribution in [0.2, 0.25) is 0 Å². The lowest BCUT2D eigenvalue weighted by molar-refractivity contribution is -0.134. The minimum atomic E-state index is 0.286. The second-order valence-corrected chi connectivity index (χ2v) is 6.37. The van der Waals surface area contributed by atoms with Gasteiger partial charge in [-0.15, -0.1) is 0 Å². The number of hydrogen-bond donors (Lipinski definition) is 1. The van der Waals surface area contributed by atoms with E-state index in [1.807, 2.05) is 23.1 Å². The Kier molecular flexibility index (Phi) is 5.46. The van der Waals surface area contributed by atoms with E-state index in [9.17, 15) is 4.79 Å². The molecule has 1 amide bonds. The van der Waals surface area contributed by atoms with Gasteiger partial charge in [0, 0.05) is 25.6 Å². The third-order valence-electron chi connectivity index (χ3n) is 4.71. The monoisotopic (exact) mass is 302 g/mol. The predicted molar refractivity (Wildman–Crippen MR) is 86.5 cm³/mol. The summed E-state index contributed by atoms with van der Waals surface area (Å²) in [5.74, 6) is 0.306. The summed E-state index contributed by atoms with van der Waals surface area (Å²) in [6.45, 7) is 3.41. The molecule has 1 aromatic rings. The maximum Gasteiger partial charge on any atom is 0.224 e. The van der Waals surface area contributed by atoms with E-state index in [1.165, 1.54) is 12.0 Å². The van der Waals surface area contributed by atoms with Crippen molar-refractivity contribution < 1.29 is 9.53 Å². The van der Waals surface area contributed by atoms with Gasteiger partial charge in [0.15, 0.2) is 0 Å². The molecule has 2 fully saturated rings. The van der Waals surface area contributed by atoms with Gasteiger partial charge >= 0.3 is 0 Å². The Balaban J connectivity index is 1.37. The van der Waals surface area contributed by atoms with Gasteiger partial charge in [0.05, 0.1) is 12.7 Å². The van der Waals surface area contributed by atoms with Gasteiger partial charge in [-0.3, -0.25) is 4.79 Å². The lowest BCUT2D eigenvalue weighted by Crippen LogP contribution is -2.42. The van der Waals surface area contributed by atoms with Crippen LogP contribution in [0.1, 0.15) is 37.7 Å². The Labute approximate surface area is 132 Å². The first-order valence-corrected chi connectivity index (χ1v) is 8.48. The van der Waals surface area contributed by atoms with Gasteiger partial charge in [-0.05, 0) is 37.8 Å². The fraction of sp³-hybridized carbons (Fsp3) is 0.611. The molecular weight excluding hydrogens is 276 g/mol. The molecule has 0 spiro atoms. The van der Waals surface area contributed by atoms with E-state index in [-0.39, 0.29) is 6.10 Å². The Morgan fingerprint density at radius 3 is 2.64 bits per heavy atom. The van der Waals surface area contributed by atoms with Crippen molar-refractivity contribution in [2.24, 2.45) is 0 Å². The average molecular weight is 302 g/mol. The van der Waals surface area contributed by atoms with Crippen molar-refractivity contribution >= 4 is 5.91 Å². The second-order valence-electron chi connectivity index (χ2n) is 6.37. The topological polar surface area (TPSA) is 41.6 Å². The summed E-state index contributed by atoms with van der Waals surface area (Å²) in [6, 6.07) is 10.7. The molecule has 0 aliphatic carbocycles. The molecule has 2 aliphatic rings. The number of amides is 1. The summed E-state index contributed by atoms with van der Waals surface area (Å²) in [6.07, 6.45) is 5.20. The number of nitrogens with zero attached hydrogens (tertiary/aromatic N) is 1. The van der Waals surface area contributed by atoms with Crippen LogP contribution in [-0.4, -0.2) is 42.6 Å². The molecule has 2 aliphatic heterocycles. The van der Waals surface area contributed by atoms with Crippen molar-refractivity contribution in [3.8, 4) is 0 Å². The summed E-state index contributed by atoms with van der Waals surface area (Å²) in [5, 5.41) is 3.40. The molecule has 0 radical (unpaired) electrons. The first kappa shape index (κ1) is 15.5. The summed E-state index contributed by atoms with van der Waals surface area (Å²) in [5.41, 5.74) is 1.22. The number of nitrogens with one attached hydrogen (secondary N) is 1. The minimum Gasteiger partial charge on any atom is -0.373 e. The Morgan fingerprint density at radius 2 is 1.95 bits per heavy atom. The minimum absolute atomic E-state index is 0.286. The quantitative estimate of drug-likeness (QED) is 0.907. The Hall–Kier alpha value is -1.39. The molecule has 0 saturated carbocycles. The standard InChI is InChI=1S/C18H26N2O2/c21-18(13-16-7-4-10-19-16)20-11-8-17(9-12-20)22-14-15-5-2-1-3-6-15/h1-3,5-6,16-17,19H,4,7-14H2. The highest BCUT2D eigenvalue weighted by Crippen LogP contribution is 2.18. The van der Waals surface area contributed by atoms with Gasteiger partial charge in [-0.2, -0.15) is 0 Å². The van der Waals surface area contributed by atoms with Crippen LogP contribution in [0.15, 0.2) is 30.3 Å². The summed E-state index contributed by atoms with van der Waals surface area (Å²) < 4.78 is 5.98. The first-order valence-electron chi connectivity index (χ1n) is 8.48. The predicted octanol–water partition coefficient (Wildman–Crippen LogP) is 2.34. The van der Waals surface area contributed by atoms with Crippen molar-refractivity contribution in [3.05, 3.63) is 35.9 Å². The highest BCUT2D eigenvalue weighted by Gasteiger charge is 2.26. The highest BCUT2D eigenvalue weighted by atomic mass is 16.5. The van der Waals surface area contributed by atoms with Gasteiger partial charge in [-0.25, -0.2) is 0 Å². The molecular formula is C18H26N2O2. The third-order valence-corrected chi connectivity index (χ3v) is 4.71. The van der Waals surface area contributed by atoms with Crippen LogP contribution >= 0.6 is 0 Å². The van der Waals surface area contributed by atoms with E-state index < -0.39 is 0 Å². The number of piperidine rings is 1. The number of carbonyl (C=O) groups excluding carboxylic acids is 1. The fourth-order valence-electron chi connectivity index (χ4n) is 3.33. The highest BCUT2D eigenvalue weighted by molar-refractivity contribution is 5.77. The SMILES string of the molecule is O=C(CC1CCCN1)N1CCC(OCc2ccccc2)CC1. The number of carbonyl (C=O) groups is 1. The zero-order chi connectivity index (χ0) is 15.2. The number of likely N-dealkylation sites (tertiary alicyclic amines) is 1. The zero-order valence-electron chi connectivity index (χ0n) is 13.2. The van der Waals surface area contributed by atoms with Gasteiger partial charge < -0.3 is 15.0 Å². The maximum atomic E-state index is 12.3. The molecule has 120 valence electrons. The first-order chi connectivity index (χ1) is 10.8. The maximum absolute atomic E-state index is 12.3. The van der Waals surface area contributed by atoms with Crippen LogP contribution in [-0.2, 0) is 16.1 Å². The lowest BCUT2D eigenvalue weighted by Gasteiger charge is -2.32. The normalized spacial score (nSPS) is 22.9. The summed E-state index contributed by atoms with van der Waals surface area (Å²) in [7, 11) is 0. The van der Waals surface area contributed by atoms with E-state index in [0.717, 1.165) is 38.9 Å². The van der Waals surface area contributed by atoms with Crippen LogP contribution < -0.4 is 5.32 Å². The van der Waals surface area contributed by atoms with Crippen molar-refractivity contribution in [1.82, 2.24) is 10.2 Å². The smallest absolute Gasteiger partial charge is 0.224 e. The van der Waals surface area contributed by atoms with Gasteiger partial charge in [0.25, 0.3) is 0 Å². The molecule has 22 heavy (non-hydrogen) atoms. The van der Waals surface area contributed by atoms with Crippen molar-refractivity contribution in [1.29, 1.82) is 0 Å². The van der Waals surface area contributed by atoms with Crippen LogP contribution in [0.5, 0.6) is 0 Å². The molecule has 2 heterocycles. The summed E-state index contributed by atoms with van der Waals surface area (Å²) >= 11 is 0. The van der Waals surface area contributed by atoms with Crippen LogP contribution in [0.3, 0.4) is 0 Å². The number of ether oxygens (including phenoxy) is 1. The molecule has 0 bridgehead atoms. The molecule has 3 rings (SSSR count). The third kappa shape index (κ3) is 4.31. The van der Waals surface area contributed by atoms with Crippen LogP contribution in [0.25, 0.3) is 0 Å². The Bertz CT molecular complexity index is 463. The Morgan fingerprint density at radius 1 is 1.18 bits per heavy atom. The van der Waals surface area contributed by atoms with Gasteiger partial charge in [-0.1, -0.05) is 30.3 Å².